The van der Waals surface area contributed by atoms with Gasteiger partial charge in [0.15, 0.2) is 5.78 Å². The molecule has 9 heteroatoms. The first kappa shape index (κ1) is 18.5. The molecule has 0 aliphatic heterocycles. The molecule has 1 amide bonds. The number of amides is 1. The van der Waals surface area contributed by atoms with E-state index in [0.717, 1.165) is 0 Å². The minimum atomic E-state index is -1.68. The molecule has 0 fully saturated rings. The van der Waals surface area contributed by atoms with Crippen molar-refractivity contribution in [2.24, 2.45) is 0 Å². The van der Waals surface area contributed by atoms with Gasteiger partial charge in [0.05, 0.1) is 18.5 Å². The predicted molar refractivity (Wildman–Crippen MR) is 77.6 cm³/mol. The molecule has 0 aliphatic carbocycles. The number of aliphatic hydroxyl groups excluding tert-OH is 1. The number of carbonyl (C=O) groups is 3. The maximum Gasteiger partial charge on any atom is 0.328 e. The van der Waals surface area contributed by atoms with E-state index < -0.39 is 35.9 Å². The number of aromatic nitrogens is 1. The fourth-order valence-electron chi connectivity index (χ4n) is 1.65. The minimum Gasteiger partial charge on any atom is -0.461 e. The van der Waals surface area contributed by atoms with Crippen LogP contribution in [0.25, 0.3) is 0 Å². The lowest BCUT2D eigenvalue weighted by Gasteiger charge is -2.19. The van der Waals surface area contributed by atoms with Crippen LogP contribution in [0.5, 0.6) is 0 Å². The summed E-state index contributed by atoms with van der Waals surface area (Å²) in [5, 5.41) is 18.9. The van der Waals surface area contributed by atoms with E-state index in [1.165, 1.54) is 12.5 Å². The molecule has 0 bridgehead atoms. The summed E-state index contributed by atoms with van der Waals surface area (Å²) in [6, 6.07) is -1.13. The van der Waals surface area contributed by atoms with Gasteiger partial charge >= 0.3 is 5.97 Å². The maximum absolute atomic E-state index is 12.0. The van der Waals surface area contributed by atoms with Gasteiger partial charge in [0.2, 0.25) is 12.0 Å². The van der Waals surface area contributed by atoms with Crippen molar-refractivity contribution in [2.75, 3.05) is 0 Å². The summed E-state index contributed by atoms with van der Waals surface area (Å²) in [6.45, 7) is 3.28. The number of esters is 1. The van der Waals surface area contributed by atoms with Gasteiger partial charge in [-0.1, -0.05) is 0 Å². The number of Topliss-reactive ketones (excluding diaryl/α,β-unsaturated/α-hetero) is 1. The van der Waals surface area contributed by atoms with Crippen molar-refractivity contribution in [1.82, 2.24) is 10.3 Å². The summed E-state index contributed by atoms with van der Waals surface area (Å²) >= 11 is 0. The number of nitrogens with one attached hydrogen (secondary N) is 2. The fourth-order valence-corrected chi connectivity index (χ4v) is 1.65. The number of ketones is 1. The number of rotatable bonds is 9. The Bertz CT molecular complexity index is 555. The molecule has 23 heavy (non-hydrogen) atoms. The molecule has 9 nitrogen and oxygen atoms in total. The Hall–Kier alpha value is -2.55. The highest BCUT2D eigenvalue weighted by molar-refractivity contribution is 6.26. The second-order valence-electron chi connectivity index (χ2n) is 4.97. The molecule has 0 radical (unpaired) electrons. The molecule has 0 aliphatic rings. The van der Waals surface area contributed by atoms with Gasteiger partial charge in [0.25, 0.3) is 5.91 Å². The summed E-state index contributed by atoms with van der Waals surface area (Å²) in [7, 11) is 0. The van der Waals surface area contributed by atoms with Crippen LogP contribution in [0.1, 0.15) is 38.7 Å². The fraction of sp³-hybridized carbons (Fsp3) is 0.500. The van der Waals surface area contributed by atoms with Crippen molar-refractivity contribution in [3.8, 4) is 0 Å². The highest BCUT2D eigenvalue weighted by Crippen LogP contribution is 2.11. The summed E-state index contributed by atoms with van der Waals surface area (Å²) < 4.78 is 9.82. The monoisotopic (exact) mass is 325 g/mol. The number of nitrogens with zero attached hydrogens (tertiary/aromatic N) is 1. The number of oxazole rings is 1. The van der Waals surface area contributed by atoms with Crippen molar-refractivity contribution < 1.29 is 28.6 Å². The molecule has 0 spiro atoms. The van der Waals surface area contributed by atoms with E-state index in [1.54, 1.807) is 13.8 Å². The van der Waals surface area contributed by atoms with E-state index in [-0.39, 0.29) is 18.7 Å². The van der Waals surface area contributed by atoms with E-state index in [2.05, 4.69) is 10.3 Å². The number of hydrogen-bond donors (Lipinski definition) is 3. The average molecular weight is 325 g/mol. The Morgan fingerprint density at radius 1 is 1.48 bits per heavy atom. The third kappa shape index (κ3) is 5.99. The molecule has 1 heterocycles. The van der Waals surface area contributed by atoms with Crippen molar-refractivity contribution in [2.45, 2.75) is 44.9 Å². The molecule has 1 aromatic heterocycles. The molecular weight excluding hydrogens is 306 g/mol. The van der Waals surface area contributed by atoms with E-state index >= 15 is 0 Å². The Kier molecular flexibility index (Phi) is 7.07. The highest BCUT2D eigenvalue weighted by atomic mass is 16.5. The van der Waals surface area contributed by atoms with Crippen LogP contribution in [0.3, 0.4) is 0 Å². The van der Waals surface area contributed by atoms with Gasteiger partial charge in [0, 0.05) is 6.42 Å². The lowest BCUT2D eigenvalue weighted by atomic mass is 10.1. The average Bonchev–Trinajstić information content (AvgIpc) is 3.03. The molecule has 1 rings (SSSR count). The van der Waals surface area contributed by atoms with Crippen molar-refractivity contribution in [1.29, 1.82) is 5.41 Å². The Morgan fingerprint density at radius 2 is 2.17 bits per heavy atom. The summed E-state index contributed by atoms with van der Waals surface area (Å²) in [4.78, 5) is 38.8. The van der Waals surface area contributed by atoms with Crippen LogP contribution in [0.15, 0.2) is 16.9 Å². The molecule has 126 valence electrons. The van der Waals surface area contributed by atoms with Gasteiger partial charge in [-0.15, -0.1) is 0 Å². The lowest BCUT2D eigenvalue weighted by molar-refractivity contribution is -0.152. The smallest absolute Gasteiger partial charge is 0.328 e. The predicted octanol–water partition coefficient (Wildman–Crippen LogP) is 0.143. The Balaban J connectivity index is 2.74. The molecule has 2 atom stereocenters. The van der Waals surface area contributed by atoms with Gasteiger partial charge in [-0.05, 0) is 20.3 Å². The van der Waals surface area contributed by atoms with Crippen molar-refractivity contribution >= 4 is 23.9 Å². The van der Waals surface area contributed by atoms with E-state index in [9.17, 15) is 19.5 Å². The topological polar surface area (TPSA) is 143 Å². The van der Waals surface area contributed by atoms with Crippen LogP contribution >= 0.6 is 0 Å². The zero-order chi connectivity index (χ0) is 17.4. The first-order chi connectivity index (χ1) is 10.8. The second-order valence-corrected chi connectivity index (χ2v) is 4.97. The van der Waals surface area contributed by atoms with Crippen molar-refractivity contribution in [3.05, 3.63) is 18.4 Å². The molecule has 1 aromatic rings. The third-order valence-electron chi connectivity index (χ3n) is 2.73. The van der Waals surface area contributed by atoms with Crippen LogP contribution in [0, 0.1) is 5.41 Å². The second kappa shape index (κ2) is 8.79. The van der Waals surface area contributed by atoms with Gasteiger partial charge in [-0.25, -0.2) is 9.78 Å². The molecular formula is C14H19N3O6. The first-order valence-electron chi connectivity index (χ1n) is 6.96. The van der Waals surface area contributed by atoms with Crippen LogP contribution in [0.2, 0.25) is 0 Å². The summed E-state index contributed by atoms with van der Waals surface area (Å²) in [5.74, 6) is -2.34. The first-order valence-corrected chi connectivity index (χ1v) is 6.96. The van der Waals surface area contributed by atoms with E-state index in [4.69, 9.17) is 14.6 Å². The molecule has 0 aromatic carbocycles. The maximum atomic E-state index is 12.0. The SMILES string of the molecule is CC(C)OC(=O)[C@H](CCC(=O)C=N)NC(=O)[C@@H](O)c1ncco1. The summed E-state index contributed by atoms with van der Waals surface area (Å²) in [6.07, 6.45) is 0.835. The van der Waals surface area contributed by atoms with Crippen LogP contribution < -0.4 is 5.32 Å². The van der Waals surface area contributed by atoms with Crippen LogP contribution in [-0.4, -0.2) is 46.1 Å². The Morgan fingerprint density at radius 3 is 2.70 bits per heavy atom. The quantitative estimate of drug-likeness (QED) is 0.433. The van der Waals surface area contributed by atoms with Crippen LogP contribution in [-0.2, 0) is 19.1 Å². The Labute approximate surface area is 132 Å². The molecule has 0 saturated heterocycles. The number of aliphatic hydroxyl groups is 1. The molecule has 0 saturated carbocycles. The van der Waals surface area contributed by atoms with Crippen molar-refractivity contribution in [3.63, 3.8) is 0 Å². The minimum absolute atomic E-state index is 0.0518. The van der Waals surface area contributed by atoms with E-state index in [0.29, 0.717) is 6.21 Å². The van der Waals surface area contributed by atoms with Gasteiger partial charge in [-0.3, -0.25) is 9.59 Å². The summed E-state index contributed by atoms with van der Waals surface area (Å²) in [5.41, 5.74) is 0. The standard InChI is InChI=1S/C14H19N3O6/c1-8(2)23-14(21)10(4-3-9(18)7-15)17-12(20)11(19)13-16-5-6-22-13/h5-8,10-11,15,19H,3-4H2,1-2H3,(H,17,20)/t10-,11+/m0/s1. The lowest BCUT2D eigenvalue weighted by Crippen LogP contribution is -2.44. The number of hydrogen-bond acceptors (Lipinski definition) is 8. The largest absolute Gasteiger partial charge is 0.461 e. The zero-order valence-electron chi connectivity index (χ0n) is 12.8. The third-order valence-corrected chi connectivity index (χ3v) is 2.73. The zero-order valence-corrected chi connectivity index (χ0v) is 12.8. The normalized spacial score (nSPS) is 13.2. The number of ether oxygens (including phenoxy) is 1. The molecule has 3 N–H and O–H groups in total. The number of carbonyl (C=O) groups excluding carboxylic acids is 3. The van der Waals surface area contributed by atoms with Gasteiger partial charge in [0.1, 0.15) is 12.3 Å². The van der Waals surface area contributed by atoms with Gasteiger partial charge < -0.3 is 25.0 Å². The molecule has 0 unspecified atom stereocenters. The highest BCUT2D eigenvalue weighted by Gasteiger charge is 2.29. The van der Waals surface area contributed by atoms with Gasteiger partial charge in [-0.2, -0.15) is 0 Å². The van der Waals surface area contributed by atoms with Crippen LogP contribution in [0.4, 0.5) is 0 Å². The van der Waals surface area contributed by atoms with E-state index in [1.807, 2.05) is 0 Å².